The molecule has 2 nitrogen and oxygen atoms in total. The van der Waals surface area contributed by atoms with Crippen LogP contribution in [0.4, 0.5) is 17.1 Å². The van der Waals surface area contributed by atoms with Gasteiger partial charge >= 0.3 is 0 Å². The van der Waals surface area contributed by atoms with Gasteiger partial charge in [-0.1, -0.05) is 254 Å². The predicted octanol–water partition coefficient (Wildman–Crippen LogP) is 20.5. The van der Waals surface area contributed by atoms with Gasteiger partial charge in [-0.25, -0.2) is 0 Å². The third kappa shape index (κ3) is 6.26. The lowest BCUT2D eigenvalue weighted by molar-refractivity contribution is 0.436. The molecular formula is C81H51NOS. The third-order valence-electron chi connectivity index (χ3n) is 19.1. The number of ether oxygens (including phenoxy) is 1. The Labute approximate surface area is 493 Å². The molecule has 0 radical (unpaired) electrons. The number of para-hydroxylation sites is 2. The van der Waals surface area contributed by atoms with Crippen LogP contribution in [0.15, 0.2) is 319 Å². The summed E-state index contributed by atoms with van der Waals surface area (Å²) in [6, 6.07) is 116. The quantitative estimate of drug-likeness (QED) is 0.165. The first kappa shape index (κ1) is 47.4. The first-order chi connectivity index (χ1) is 41.6. The van der Waals surface area contributed by atoms with Crippen molar-refractivity contribution >= 4 is 28.8 Å². The Kier molecular flexibility index (Phi) is 10.1. The summed E-state index contributed by atoms with van der Waals surface area (Å²) in [7, 11) is 0. The van der Waals surface area contributed by atoms with Crippen LogP contribution in [-0.4, -0.2) is 0 Å². The highest BCUT2D eigenvalue weighted by atomic mass is 32.2. The zero-order chi connectivity index (χ0) is 55.1. The summed E-state index contributed by atoms with van der Waals surface area (Å²) in [4.78, 5) is 5.10. The molecule has 0 saturated heterocycles. The van der Waals surface area contributed by atoms with Crippen molar-refractivity contribution in [2.75, 3.05) is 4.90 Å². The second-order valence-corrected chi connectivity index (χ2v) is 24.0. The number of benzene rings is 13. The van der Waals surface area contributed by atoms with E-state index in [0.717, 1.165) is 50.8 Å². The van der Waals surface area contributed by atoms with Crippen LogP contribution >= 0.6 is 11.8 Å². The summed E-state index contributed by atoms with van der Waals surface area (Å²) in [5.41, 5.74) is 26.6. The van der Waals surface area contributed by atoms with Gasteiger partial charge in [0.1, 0.15) is 11.5 Å². The number of fused-ring (bicyclic) bond motifs is 21. The fourth-order valence-corrected chi connectivity index (χ4v) is 17.1. The number of hydrogen-bond acceptors (Lipinski definition) is 3. The molecular weight excluding hydrogens is 1030 g/mol. The molecule has 0 fully saturated rings. The van der Waals surface area contributed by atoms with E-state index in [2.05, 4.69) is 314 Å². The van der Waals surface area contributed by atoms with Crippen molar-refractivity contribution in [2.24, 2.45) is 0 Å². The summed E-state index contributed by atoms with van der Waals surface area (Å²) in [5.74, 6) is 1.78. The van der Waals surface area contributed by atoms with Gasteiger partial charge in [0, 0.05) is 38.0 Å². The first-order valence-electron chi connectivity index (χ1n) is 29.1. The largest absolute Gasteiger partial charge is 0.457 e. The zero-order valence-corrected chi connectivity index (χ0v) is 46.5. The van der Waals surface area contributed by atoms with Gasteiger partial charge in [0.2, 0.25) is 0 Å². The smallest absolute Gasteiger partial charge is 0.132 e. The standard InChI is InChI=1S/C81H51NOS/c1-3-23-54(24-4-1)79(55-25-5-2-6-26-55)65-31-10-7-28-59(65)62-45-42-53(49-73(62)79)52-22-21-27-56(48-52)82(57-44-47-68-64(50-57)61-30-9-12-33-67(61)80(68)69-34-13-17-38-75(69)83-76-39-18-14-35-70(76)80)58-43-46-63-60-29-8-11-32-66(60)81(74(63)51-58)71-36-15-19-40-77(71)84-78-41-20-16-37-72(78)81/h1-51H. The van der Waals surface area contributed by atoms with Crippen LogP contribution in [0.3, 0.4) is 0 Å². The van der Waals surface area contributed by atoms with Crippen molar-refractivity contribution in [3.63, 3.8) is 0 Å². The van der Waals surface area contributed by atoms with Crippen LogP contribution in [0.25, 0.3) is 44.5 Å². The van der Waals surface area contributed by atoms with Gasteiger partial charge in [0.05, 0.1) is 16.2 Å². The topological polar surface area (TPSA) is 12.5 Å². The first-order valence-corrected chi connectivity index (χ1v) is 30.0. The molecule has 0 bridgehead atoms. The van der Waals surface area contributed by atoms with E-state index in [-0.39, 0.29) is 0 Å². The number of hydrogen-bond donors (Lipinski definition) is 0. The maximum atomic E-state index is 6.76. The monoisotopic (exact) mass is 1090 g/mol. The Bertz CT molecular complexity index is 4750. The third-order valence-corrected chi connectivity index (χ3v) is 20.2. The molecule has 0 atom stereocenters. The van der Waals surface area contributed by atoms with E-state index in [0.29, 0.717) is 0 Å². The van der Waals surface area contributed by atoms with Crippen LogP contribution in [-0.2, 0) is 16.2 Å². The van der Waals surface area contributed by atoms with Crippen LogP contribution in [0.1, 0.15) is 66.8 Å². The van der Waals surface area contributed by atoms with E-state index in [1.165, 1.54) is 98.8 Å². The van der Waals surface area contributed by atoms with Crippen LogP contribution in [0.2, 0.25) is 0 Å². The molecule has 0 amide bonds. The van der Waals surface area contributed by atoms with Crippen molar-refractivity contribution in [2.45, 2.75) is 26.0 Å². The van der Waals surface area contributed by atoms with Gasteiger partial charge in [-0.2, -0.15) is 0 Å². The van der Waals surface area contributed by atoms with Gasteiger partial charge in [0.15, 0.2) is 0 Å². The van der Waals surface area contributed by atoms with E-state index in [4.69, 9.17) is 4.74 Å². The Balaban J connectivity index is 0.879. The normalized spacial score (nSPS) is 14.8. The molecule has 2 heterocycles. The highest BCUT2D eigenvalue weighted by Crippen LogP contribution is 2.65. The second kappa shape index (κ2) is 17.9. The zero-order valence-electron chi connectivity index (χ0n) is 45.7. The van der Waals surface area contributed by atoms with Crippen molar-refractivity contribution in [3.8, 4) is 56.0 Å². The minimum Gasteiger partial charge on any atom is -0.457 e. The molecule has 84 heavy (non-hydrogen) atoms. The van der Waals surface area contributed by atoms with Gasteiger partial charge in [-0.3, -0.25) is 0 Å². The predicted molar refractivity (Wildman–Crippen MR) is 343 cm³/mol. The van der Waals surface area contributed by atoms with Crippen LogP contribution in [0, 0.1) is 0 Å². The van der Waals surface area contributed by atoms with Crippen LogP contribution in [0.5, 0.6) is 11.5 Å². The SMILES string of the molecule is c1ccc(C2(c3ccccc3)c3ccccc3-c3ccc(-c4cccc(N(c5ccc6c(c5)-c5ccccc5C65c6ccccc6Oc6ccccc65)c5ccc6c(c5)C5(c7ccccc7Sc7ccccc75)c5ccccc5-6)c4)cc32)cc1. The number of anilines is 3. The van der Waals surface area contributed by atoms with E-state index in [1.807, 2.05) is 11.8 Å². The maximum absolute atomic E-state index is 6.76. The van der Waals surface area contributed by atoms with Crippen LogP contribution < -0.4 is 9.64 Å². The lowest BCUT2D eigenvalue weighted by Gasteiger charge is -2.40. The van der Waals surface area contributed by atoms with Crippen molar-refractivity contribution in [1.82, 2.24) is 0 Å². The lowest BCUT2D eigenvalue weighted by Crippen LogP contribution is -2.32. The molecule has 392 valence electrons. The second-order valence-electron chi connectivity index (χ2n) is 22.9. The molecule has 0 unspecified atom stereocenters. The number of rotatable bonds is 6. The fourth-order valence-electron chi connectivity index (χ4n) is 15.9. The van der Waals surface area contributed by atoms with Gasteiger partial charge < -0.3 is 9.64 Å². The summed E-state index contributed by atoms with van der Waals surface area (Å²) in [6.07, 6.45) is 0. The van der Waals surface area contributed by atoms with Gasteiger partial charge in [0.25, 0.3) is 0 Å². The maximum Gasteiger partial charge on any atom is 0.132 e. The van der Waals surface area contributed by atoms with Crippen molar-refractivity contribution in [1.29, 1.82) is 0 Å². The summed E-state index contributed by atoms with van der Waals surface area (Å²) in [5, 5.41) is 0. The van der Waals surface area contributed by atoms with Gasteiger partial charge in [-0.15, -0.1) is 0 Å². The van der Waals surface area contributed by atoms with Crippen molar-refractivity contribution in [3.05, 3.63) is 376 Å². The molecule has 13 aromatic carbocycles. The molecule has 3 aliphatic carbocycles. The Morgan fingerprint density at radius 2 is 0.643 bits per heavy atom. The highest BCUT2D eigenvalue weighted by Gasteiger charge is 2.53. The summed E-state index contributed by atoms with van der Waals surface area (Å²) >= 11 is 1.89. The molecule has 2 spiro atoms. The summed E-state index contributed by atoms with van der Waals surface area (Å²) < 4.78 is 6.76. The Morgan fingerprint density at radius 3 is 1.25 bits per heavy atom. The molecule has 2 aliphatic heterocycles. The van der Waals surface area contributed by atoms with E-state index < -0.39 is 16.2 Å². The molecule has 5 aliphatic rings. The van der Waals surface area contributed by atoms with Gasteiger partial charge in [-0.05, 0) is 167 Å². The lowest BCUT2D eigenvalue weighted by atomic mass is 9.66. The van der Waals surface area contributed by atoms with E-state index >= 15 is 0 Å². The molecule has 0 saturated carbocycles. The molecule has 0 N–H and O–H groups in total. The number of nitrogens with zero attached hydrogens (tertiary/aromatic N) is 1. The molecule has 3 heteroatoms. The van der Waals surface area contributed by atoms with Crippen molar-refractivity contribution < 1.29 is 4.74 Å². The summed E-state index contributed by atoms with van der Waals surface area (Å²) in [6.45, 7) is 0. The Morgan fingerprint density at radius 1 is 0.238 bits per heavy atom. The fraction of sp³-hybridized carbons (Fsp3) is 0.0370. The Hall–Kier alpha value is -10.2. The minimum absolute atomic E-state index is 0.523. The van der Waals surface area contributed by atoms with E-state index in [1.54, 1.807) is 0 Å². The molecule has 13 aromatic rings. The van der Waals surface area contributed by atoms with E-state index in [9.17, 15) is 0 Å². The highest BCUT2D eigenvalue weighted by molar-refractivity contribution is 7.99. The average molecular weight is 1090 g/mol. The molecule has 0 aromatic heterocycles. The molecule has 18 rings (SSSR count). The average Bonchev–Trinajstić information content (AvgIpc) is 2.53. The minimum atomic E-state index is -0.589.